The van der Waals surface area contributed by atoms with Crippen molar-refractivity contribution in [3.05, 3.63) is 0 Å². The van der Waals surface area contributed by atoms with Crippen molar-refractivity contribution in [3.8, 4) is 0 Å². The Morgan fingerprint density at radius 3 is 2.76 bits per heavy atom. The maximum Gasteiger partial charge on any atom is 0.316 e. The van der Waals surface area contributed by atoms with E-state index in [4.69, 9.17) is 14.2 Å². The maximum atomic E-state index is 11.9. The quantitative estimate of drug-likeness (QED) is 0.535. The number of hydrogen-bond donors (Lipinski definition) is 0. The lowest BCUT2D eigenvalue weighted by atomic mass is 9.99. The van der Waals surface area contributed by atoms with Gasteiger partial charge in [-0.1, -0.05) is 0 Å². The van der Waals surface area contributed by atoms with Crippen LogP contribution in [0.3, 0.4) is 0 Å². The van der Waals surface area contributed by atoms with E-state index in [9.17, 15) is 9.59 Å². The van der Waals surface area contributed by atoms with E-state index in [2.05, 4.69) is 0 Å². The molecule has 2 fully saturated rings. The van der Waals surface area contributed by atoms with E-state index in [1.54, 1.807) is 6.92 Å². The molecule has 1 spiro atoms. The van der Waals surface area contributed by atoms with Crippen molar-refractivity contribution in [3.63, 3.8) is 0 Å². The molecule has 5 nitrogen and oxygen atoms in total. The highest BCUT2D eigenvalue weighted by atomic mass is 16.7. The van der Waals surface area contributed by atoms with Gasteiger partial charge >= 0.3 is 5.97 Å². The summed E-state index contributed by atoms with van der Waals surface area (Å²) in [4.78, 5) is 23.5. The molecule has 0 bridgehead atoms. The van der Waals surface area contributed by atoms with Crippen LogP contribution in [0.1, 0.15) is 32.6 Å². The van der Waals surface area contributed by atoms with Crippen LogP contribution in [0.15, 0.2) is 0 Å². The molecular weight excluding hydrogens is 224 g/mol. The Balaban J connectivity index is 2.01. The number of Topliss-reactive ketones (excluding diaryl/α,β-unsaturated/α-hetero) is 1. The highest BCUT2D eigenvalue weighted by Gasteiger charge is 2.42. The smallest absolute Gasteiger partial charge is 0.316 e. The zero-order valence-corrected chi connectivity index (χ0v) is 10.1. The fraction of sp³-hybridized carbons (Fsp3) is 0.833. The van der Waals surface area contributed by atoms with E-state index < -0.39 is 17.7 Å². The summed E-state index contributed by atoms with van der Waals surface area (Å²) < 4.78 is 16.1. The first kappa shape index (κ1) is 12.5. The summed E-state index contributed by atoms with van der Waals surface area (Å²) in [6.45, 7) is 3.18. The lowest BCUT2D eigenvalue weighted by Crippen LogP contribution is -2.29. The predicted octanol–water partition coefficient (Wildman–Crippen LogP) is 1.05. The molecule has 1 aliphatic carbocycles. The molecule has 5 heteroatoms. The fourth-order valence-electron chi connectivity index (χ4n) is 2.42. The third kappa shape index (κ3) is 2.66. The maximum absolute atomic E-state index is 11.9. The average molecular weight is 242 g/mol. The highest BCUT2D eigenvalue weighted by Crippen LogP contribution is 2.35. The number of rotatable bonds is 2. The second-order valence-electron chi connectivity index (χ2n) is 4.42. The largest absolute Gasteiger partial charge is 0.465 e. The zero-order chi connectivity index (χ0) is 12.3. The molecule has 0 amide bonds. The van der Waals surface area contributed by atoms with Crippen molar-refractivity contribution in [1.82, 2.24) is 0 Å². The summed E-state index contributed by atoms with van der Waals surface area (Å²) in [5, 5.41) is 0. The Morgan fingerprint density at radius 2 is 2.12 bits per heavy atom. The van der Waals surface area contributed by atoms with Crippen molar-refractivity contribution >= 4 is 11.8 Å². The Bertz CT molecular complexity index is 306. The number of carbonyl (C=O) groups excluding carboxylic acids is 2. The number of ketones is 1. The first-order chi connectivity index (χ1) is 8.17. The normalized spacial score (nSPS) is 28.1. The van der Waals surface area contributed by atoms with Crippen LogP contribution in [0.5, 0.6) is 0 Å². The summed E-state index contributed by atoms with van der Waals surface area (Å²) >= 11 is 0. The second-order valence-corrected chi connectivity index (χ2v) is 4.42. The Hall–Kier alpha value is -0.940. The van der Waals surface area contributed by atoms with Gasteiger partial charge in [-0.25, -0.2) is 0 Å². The van der Waals surface area contributed by atoms with Gasteiger partial charge in [0, 0.05) is 19.3 Å². The van der Waals surface area contributed by atoms with Gasteiger partial charge in [0.05, 0.1) is 19.8 Å². The van der Waals surface area contributed by atoms with Crippen LogP contribution >= 0.6 is 0 Å². The van der Waals surface area contributed by atoms with Crippen LogP contribution in [0.25, 0.3) is 0 Å². The molecule has 1 unspecified atom stereocenters. The van der Waals surface area contributed by atoms with Gasteiger partial charge in [0.1, 0.15) is 11.7 Å². The van der Waals surface area contributed by atoms with E-state index in [1.165, 1.54) is 0 Å². The summed E-state index contributed by atoms with van der Waals surface area (Å²) in [7, 11) is 0. The molecule has 0 N–H and O–H groups in total. The van der Waals surface area contributed by atoms with Crippen LogP contribution in [-0.2, 0) is 23.8 Å². The molecule has 0 aromatic carbocycles. The second kappa shape index (κ2) is 5.14. The van der Waals surface area contributed by atoms with E-state index in [0.717, 1.165) is 0 Å². The molecule has 2 rings (SSSR count). The minimum absolute atomic E-state index is 0.0561. The number of carbonyl (C=O) groups is 2. The minimum Gasteiger partial charge on any atom is -0.465 e. The van der Waals surface area contributed by atoms with Crippen molar-refractivity contribution < 1.29 is 23.8 Å². The first-order valence-corrected chi connectivity index (χ1v) is 6.14. The summed E-state index contributed by atoms with van der Waals surface area (Å²) in [5.41, 5.74) is 0. The molecule has 1 heterocycles. The van der Waals surface area contributed by atoms with E-state index in [0.29, 0.717) is 45.5 Å². The monoisotopic (exact) mass is 242 g/mol. The Labute approximate surface area is 100 Å². The average Bonchev–Trinajstić information content (AvgIpc) is 2.69. The number of esters is 1. The van der Waals surface area contributed by atoms with Crippen LogP contribution in [0, 0.1) is 5.92 Å². The molecule has 1 aliphatic heterocycles. The van der Waals surface area contributed by atoms with Gasteiger partial charge < -0.3 is 14.2 Å². The van der Waals surface area contributed by atoms with Gasteiger partial charge in [-0.05, 0) is 13.3 Å². The summed E-state index contributed by atoms with van der Waals surface area (Å²) in [5.74, 6) is -1.73. The molecule has 17 heavy (non-hydrogen) atoms. The fourth-order valence-corrected chi connectivity index (χ4v) is 2.42. The molecule has 0 aromatic heterocycles. The van der Waals surface area contributed by atoms with E-state index >= 15 is 0 Å². The third-order valence-corrected chi connectivity index (χ3v) is 3.34. The van der Waals surface area contributed by atoms with Gasteiger partial charge in [0.25, 0.3) is 0 Å². The molecule has 1 saturated heterocycles. The van der Waals surface area contributed by atoms with Crippen LogP contribution in [0.2, 0.25) is 0 Å². The van der Waals surface area contributed by atoms with Crippen molar-refractivity contribution in [1.29, 1.82) is 0 Å². The molecule has 1 atom stereocenters. The highest BCUT2D eigenvalue weighted by molar-refractivity contribution is 5.99. The Kier molecular flexibility index (Phi) is 3.79. The topological polar surface area (TPSA) is 61.8 Å². The van der Waals surface area contributed by atoms with Crippen LogP contribution in [-0.4, -0.2) is 37.4 Å². The molecule has 0 radical (unpaired) electrons. The first-order valence-electron chi connectivity index (χ1n) is 6.14. The van der Waals surface area contributed by atoms with Gasteiger partial charge in [-0.15, -0.1) is 0 Å². The molecule has 1 saturated carbocycles. The van der Waals surface area contributed by atoms with Crippen molar-refractivity contribution in [2.75, 3.05) is 19.8 Å². The van der Waals surface area contributed by atoms with Gasteiger partial charge in [0.2, 0.25) is 0 Å². The molecule has 0 aromatic rings. The number of hydrogen-bond acceptors (Lipinski definition) is 5. The summed E-state index contributed by atoms with van der Waals surface area (Å²) in [6.07, 6.45) is 1.91. The van der Waals surface area contributed by atoms with Crippen molar-refractivity contribution in [2.45, 2.75) is 38.4 Å². The number of ether oxygens (including phenoxy) is 3. The van der Waals surface area contributed by atoms with E-state index in [-0.39, 0.29) is 5.78 Å². The Morgan fingerprint density at radius 1 is 1.41 bits per heavy atom. The third-order valence-electron chi connectivity index (χ3n) is 3.34. The van der Waals surface area contributed by atoms with Gasteiger partial charge in [0.15, 0.2) is 5.79 Å². The standard InChI is InChI=1S/C12H18O5/c1-2-15-11(14)9-3-5-12(6-4-10(9)13)16-7-8-17-12/h9H,2-8H2,1H3. The van der Waals surface area contributed by atoms with Gasteiger partial charge in [-0.2, -0.15) is 0 Å². The molecule has 96 valence electrons. The predicted molar refractivity (Wildman–Crippen MR) is 58.2 cm³/mol. The molecular formula is C12H18O5. The lowest BCUT2D eigenvalue weighted by Gasteiger charge is -2.25. The summed E-state index contributed by atoms with van der Waals surface area (Å²) in [6, 6.07) is 0. The van der Waals surface area contributed by atoms with Gasteiger partial charge in [-0.3, -0.25) is 9.59 Å². The zero-order valence-electron chi connectivity index (χ0n) is 10.1. The van der Waals surface area contributed by atoms with Crippen molar-refractivity contribution in [2.24, 2.45) is 5.92 Å². The SMILES string of the molecule is CCOC(=O)C1CCC2(CCC1=O)OCCO2. The molecule has 2 aliphatic rings. The lowest BCUT2D eigenvalue weighted by molar-refractivity contribution is -0.166. The minimum atomic E-state index is -0.637. The van der Waals surface area contributed by atoms with E-state index in [1.807, 2.05) is 0 Å². The van der Waals surface area contributed by atoms with Crippen LogP contribution < -0.4 is 0 Å². The van der Waals surface area contributed by atoms with Crippen LogP contribution in [0.4, 0.5) is 0 Å².